The molecule has 2 aromatic rings. The number of rotatable bonds is 4. The topological polar surface area (TPSA) is 17.1 Å². The number of hydrogen-bond donors (Lipinski definition) is 0. The monoisotopic (exact) mass is 412 g/mol. The van der Waals surface area contributed by atoms with Crippen LogP contribution in [0.3, 0.4) is 0 Å². The van der Waals surface area contributed by atoms with Gasteiger partial charge in [-0.3, -0.25) is 0 Å². The van der Waals surface area contributed by atoms with E-state index in [1.54, 1.807) is 10.6 Å². The number of benzene rings is 2. The molecule has 136 valence electrons. The minimum atomic E-state index is -3.71. The van der Waals surface area contributed by atoms with E-state index in [2.05, 4.69) is 60.7 Å². The van der Waals surface area contributed by atoms with Gasteiger partial charge in [0.25, 0.3) is 0 Å². The van der Waals surface area contributed by atoms with Gasteiger partial charge in [0.15, 0.2) is 0 Å². The van der Waals surface area contributed by atoms with Crippen LogP contribution >= 0.6 is 7.92 Å². The van der Waals surface area contributed by atoms with E-state index < -0.39 is 6.51 Å². The summed E-state index contributed by atoms with van der Waals surface area (Å²) >= 11 is 0. The van der Waals surface area contributed by atoms with Crippen LogP contribution in [0.5, 0.6) is 0 Å². The molecule has 10 aliphatic rings. The summed E-state index contributed by atoms with van der Waals surface area (Å²) in [4.78, 5) is 22.3. The Hall–Kier alpha value is -0.941. The zero-order valence-electron chi connectivity index (χ0n) is 15.1. The maximum absolute atomic E-state index is 13.3. The molecular formula is C24H21FeOP. The van der Waals surface area contributed by atoms with Crippen molar-refractivity contribution in [3.63, 3.8) is 0 Å². The molecule has 2 aromatic carbocycles. The summed E-state index contributed by atoms with van der Waals surface area (Å²) < 4.78 is 1.08. The molecule has 10 heterocycles. The van der Waals surface area contributed by atoms with E-state index in [9.17, 15) is 4.79 Å². The SMILES string of the molecule is CC(=O)[C]12[CH]3[CH]4[CH]5[CH]1[Fe]45321678[CH]2[CH]1[CH]6[C]7(P(c1ccccc1)c1ccccc1)[CH]28. The summed E-state index contributed by atoms with van der Waals surface area (Å²) in [6.07, 6.45) is 0. The summed E-state index contributed by atoms with van der Waals surface area (Å²) in [5, 5.41) is 3.26. The number of ketones is 1. The molecule has 8 atom stereocenters. The van der Waals surface area contributed by atoms with Crippen molar-refractivity contribution in [1.29, 1.82) is 0 Å². The molecule has 10 fully saturated rings. The van der Waals surface area contributed by atoms with Crippen molar-refractivity contribution in [3.05, 3.63) is 60.7 Å². The first-order valence-corrected chi connectivity index (χ1v) is 18.1. The number of Topliss-reactive ketones (excluding diaryl/α,β-unsaturated/α-hetero) is 1. The first-order valence-electron chi connectivity index (χ1n) is 10.6. The average molecular weight is 412 g/mol. The predicted molar refractivity (Wildman–Crippen MR) is 105 cm³/mol. The van der Waals surface area contributed by atoms with Crippen molar-refractivity contribution in [1.82, 2.24) is 0 Å². The zero-order chi connectivity index (χ0) is 17.3. The Morgan fingerprint density at radius 1 is 0.778 bits per heavy atom. The molecule has 0 bridgehead atoms. The van der Waals surface area contributed by atoms with Crippen molar-refractivity contribution in [2.75, 3.05) is 0 Å². The van der Waals surface area contributed by atoms with E-state index >= 15 is 0 Å². The molecule has 0 saturated carbocycles. The van der Waals surface area contributed by atoms with E-state index in [-0.39, 0.29) is 7.92 Å². The van der Waals surface area contributed by atoms with Gasteiger partial charge in [0, 0.05) is 0 Å². The summed E-state index contributed by atoms with van der Waals surface area (Å²) in [6, 6.07) is 23.2. The van der Waals surface area contributed by atoms with E-state index in [4.69, 9.17) is 0 Å². The van der Waals surface area contributed by atoms with Gasteiger partial charge in [-0.15, -0.1) is 0 Å². The first kappa shape index (κ1) is 11.9. The molecule has 12 rings (SSSR count). The van der Waals surface area contributed by atoms with E-state index in [1.807, 2.05) is 6.92 Å². The van der Waals surface area contributed by atoms with Crippen molar-refractivity contribution in [3.8, 4) is 0 Å². The van der Waals surface area contributed by atoms with Gasteiger partial charge in [0.1, 0.15) is 0 Å². The number of carbonyl (C=O) groups excluding carboxylic acids is 1. The molecule has 8 unspecified atom stereocenters. The van der Waals surface area contributed by atoms with Gasteiger partial charge in [0.2, 0.25) is 0 Å². The van der Waals surface area contributed by atoms with Crippen molar-refractivity contribution >= 4 is 24.3 Å². The average Bonchev–Trinajstić information content (AvgIpc) is 3.64. The second-order valence-electron chi connectivity index (χ2n) is 13.3. The normalized spacial score (nSPS) is 82.0. The van der Waals surface area contributed by atoms with Gasteiger partial charge in [-0.2, -0.15) is 0 Å². The quantitative estimate of drug-likeness (QED) is 0.487. The second kappa shape index (κ2) is 1.39. The van der Waals surface area contributed by atoms with Gasteiger partial charge in [-0.05, 0) is 0 Å². The Morgan fingerprint density at radius 3 is 1.56 bits per heavy atom. The molecule has 3 heteroatoms. The maximum atomic E-state index is 13.3. The molecule has 0 aromatic heterocycles. The van der Waals surface area contributed by atoms with E-state index in [0.717, 1.165) is 19.3 Å². The Bertz CT molecular complexity index is 1570. The Morgan fingerprint density at radius 2 is 1.22 bits per heavy atom. The molecule has 1 spiro atoms. The van der Waals surface area contributed by atoms with Crippen LogP contribution in [0.2, 0.25) is 42.8 Å². The summed E-state index contributed by atoms with van der Waals surface area (Å²) in [6.45, 7) is -1.68. The number of hydrogen-bond acceptors (Lipinski definition) is 1. The third-order valence-corrected chi connectivity index (χ3v) is 67.4. The minimum absolute atomic E-state index is 0.277. The fourth-order valence-corrected chi connectivity index (χ4v) is 110. The Kier molecular flexibility index (Phi) is 0.615. The fourth-order valence-electron chi connectivity index (χ4n) is 19.7. The van der Waals surface area contributed by atoms with Crippen LogP contribution in [-0.4, -0.2) is 9.84 Å². The first-order chi connectivity index (χ1) is 13.0. The molecule has 10 aliphatic heterocycles. The summed E-state index contributed by atoms with van der Waals surface area (Å²) in [5.41, 5.74) is 0. The zero-order valence-corrected chi connectivity index (χ0v) is 17.1. The summed E-state index contributed by atoms with van der Waals surface area (Å²) in [7, 11) is -0.277. The molecule has 0 amide bonds. The van der Waals surface area contributed by atoms with E-state index in [0.29, 0.717) is 14.2 Å². The Balaban J connectivity index is 1.30. The molecular weight excluding hydrogens is 391 g/mol. The van der Waals surface area contributed by atoms with Crippen LogP contribution < -0.4 is 10.6 Å². The van der Waals surface area contributed by atoms with Crippen LogP contribution in [0.25, 0.3) is 0 Å². The van der Waals surface area contributed by atoms with Crippen molar-refractivity contribution in [2.45, 2.75) is 53.8 Å². The molecule has 0 radical (unpaired) electrons. The van der Waals surface area contributed by atoms with Gasteiger partial charge in [-0.1, -0.05) is 0 Å². The van der Waals surface area contributed by atoms with Crippen LogP contribution in [-0.2, 0) is 11.3 Å². The van der Waals surface area contributed by atoms with Crippen molar-refractivity contribution < 1.29 is 11.3 Å². The molecule has 10 saturated heterocycles. The van der Waals surface area contributed by atoms with Gasteiger partial charge in [-0.25, -0.2) is 0 Å². The molecule has 1 nitrogen and oxygen atoms in total. The third-order valence-electron chi connectivity index (χ3n) is 17.6. The van der Waals surface area contributed by atoms with Gasteiger partial charge in [0.05, 0.1) is 0 Å². The molecule has 0 N–H and O–H groups in total. The van der Waals surface area contributed by atoms with Crippen LogP contribution in [0.4, 0.5) is 0 Å². The third kappa shape index (κ3) is 0.196. The molecule has 0 aliphatic carbocycles. The van der Waals surface area contributed by atoms with Crippen molar-refractivity contribution in [2.24, 2.45) is 0 Å². The number of fused-ring (bicyclic) bond motifs is 10. The van der Waals surface area contributed by atoms with Gasteiger partial charge < -0.3 is 0 Å². The standard InChI is InChI=1S/C17H14P.C7H7O.Fe/c1-3-9-15(10-4-1)18(17-13-7-8-14-17)16-11-5-2-6-12-16;1-6(8)7-4-2-3-5-7;/h1-14H;2-5H,1H3;. The van der Waals surface area contributed by atoms with Crippen LogP contribution in [0.1, 0.15) is 6.92 Å². The summed E-state index contributed by atoms with van der Waals surface area (Å²) in [5.74, 6) is 0.699. The number of carbonyl (C=O) groups is 1. The predicted octanol–water partition coefficient (Wildman–Crippen LogP) is 5.38. The van der Waals surface area contributed by atoms with Crippen LogP contribution in [0, 0.1) is 0 Å². The van der Waals surface area contributed by atoms with Gasteiger partial charge >= 0.3 is 150 Å². The second-order valence-corrected chi connectivity index (χ2v) is 39.3. The van der Waals surface area contributed by atoms with E-state index in [1.165, 1.54) is 19.3 Å². The fraction of sp³-hybridized carbons (Fsp3) is 0.458. The molecule has 27 heavy (non-hydrogen) atoms. The Labute approximate surface area is 150 Å². The van der Waals surface area contributed by atoms with Crippen LogP contribution in [0.15, 0.2) is 60.7 Å².